The number of rotatable bonds is 9. The molecule has 0 aliphatic carbocycles. The van der Waals surface area contributed by atoms with Gasteiger partial charge >= 0.3 is 12.0 Å². The molecule has 39 heavy (non-hydrogen) atoms. The summed E-state index contributed by atoms with van der Waals surface area (Å²) in [4.78, 5) is 45.2. The Labute approximate surface area is 229 Å². The van der Waals surface area contributed by atoms with E-state index in [0.717, 1.165) is 11.1 Å². The van der Waals surface area contributed by atoms with E-state index in [0.29, 0.717) is 55.3 Å². The number of ether oxygens (including phenoxy) is 2. The van der Waals surface area contributed by atoms with Gasteiger partial charge in [0.15, 0.2) is 0 Å². The van der Waals surface area contributed by atoms with Crippen LogP contribution in [0.25, 0.3) is 0 Å². The summed E-state index contributed by atoms with van der Waals surface area (Å²) in [5, 5.41) is 2.97. The van der Waals surface area contributed by atoms with Crippen molar-refractivity contribution in [3.63, 3.8) is 0 Å². The van der Waals surface area contributed by atoms with E-state index in [1.54, 1.807) is 37.1 Å². The van der Waals surface area contributed by atoms with E-state index in [-0.39, 0.29) is 25.1 Å². The smallest absolute Gasteiger partial charge is 0.338 e. The first-order valence-electron chi connectivity index (χ1n) is 13.2. The second-order valence-corrected chi connectivity index (χ2v) is 9.57. The molecule has 2 aromatic rings. The Balaban J connectivity index is 1.61. The third kappa shape index (κ3) is 6.31. The molecule has 1 fully saturated rings. The lowest BCUT2D eigenvalue weighted by Crippen LogP contribution is -2.53. The van der Waals surface area contributed by atoms with Gasteiger partial charge in [-0.15, -0.1) is 6.58 Å². The Morgan fingerprint density at radius 2 is 1.72 bits per heavy atom. The molecule has 0 spiro atoms. The Morgan fingerprint density at radius 1 is 1.05 bits per heavy atom. The molecular weight excluding hydrogens is 496 g/mol. The molecule has 2 aromatic carbocycles. The lowest BCUT2D eigenvalue weighted by atomic mass is 9.94. The molecule has 9 heteroatoms. The number of aryl methyl sites for hydroxylation is 1. The van der Waals surface area contributed by atoms with Crippen LogP contribution in [0.3, 0.4) is 0 Å². The Kier molecular flexibility index (Phi) is 9.03. The number of benzene rings is 2. The highest BCUT2D eigenvalue weighted by Crippen LogP contribution is 2.33. The zero-order chi connectivity index (χ0) is 27.9. The fraction of sp³-hybridized carbons (Fsp3) is 0.367. The van der Waals surface area contributed by atoms with Crippen molar-refractivity contribution < 1.29 is 23.9 Å². The highest BCUT2D eigenvalue weighted by atomic mass is 16.5. The average Bonchev–Trinajstić information content (AvgIpc) is 2.95. The Hall–Kier alpha value is -4.11. The van der Waals surface area contributed by atoms with Gasteiger partial charge in [-0.1, -0.05) is 35.9 Å². The van der Waals surface area contributed by atoms with Crippen LogP contribution in [0.2, 0.25) is 0 Å². The largest absolute Gasteiger partial charge is 0.497 e. The van der Waals surface area contributed by atoms with Crippen molar-refractivity contribution in [1.29, 1.82) is 0 Å². The first-order valence-corrected chi connectivity index (χ1v) is 13.2. The number of nitrogens with one attached hydrogen (secondary N) is 1. The van der Waals surface area contributed by atoms with Crippen LogP contribution in [-0.2, 0) is 9.53 Å². The lowest BCUT2D eigenvalue weighted by molar-refractivity contribution is -0.139. The van der Waals surface area contributed by atoms with Crippen LogP contribution in [0.5, 0.6) is 5.75 Å². The third-order valence-corrected chi connectivity index (χ3v) is 7.03. The van der Waals surface area contributed by atoms with Crippen molar-refractivity contribution in [3.8, 4) is 5.75 Å². The van der Waals surface area contributed by atoms with Gasteiger partial charge < -0.3 is 19.7 Å². The van der Waals surface area contributed by atoms with E-state index in [4.69, 9.17) is 9.47 Å². The first kappa shape index (κ1) is 27.9. The zero-order valence-corrected chi connectivity index (χ0v) is 22.8. The van der Waals surface area contributed by atoms with Crippen molar-refractivity contribution in [2.75, 3.05) is 53.0 Å². The number of nitrogens with zero attached hydrogens (tertiary/aromatic N) is 3. The van der Waals surface area contributed by atoms with E-state index in [9.17, 15) is 14.4 Å². The second-order valence-electron chi connectivity index (χ2n) is 9.57. The van der Waals surface area contributed by atoms with Gasteiger partial charge in [-0.25, -0.2) is 9.59 Å². The van der Waals surface area contributed by atoms with Crippen LogP contribution in [-0.4, -0.2) is 85.6 Å². The van der Waals surface area contributed by atoms with Crippen LogP contribution >= 0.6 is 0 Å². The molecule has 3 amide bonds. The Bertz CT molecular complexity index is 1230. The van der Waals surface area contributed by atoms with Crippen molar-refractivity contribution in [2.24, 2.45) is 0 Å². The molecule has 2 heterocycles. The van der Waals surface area contributed by atoms with Gasteiger partial charge in [0, 0.05) is 50.5 Å². The summed E-state index contributed by atoms with van der Waals surface area (Å²) in [6.07, 6.45) is 1.63. The fourth-order valence-corrected chi connectivity index (χ4v) is 4.89. The molecule has 0 aromatic heterocycles. The van der Waals surface area contributed by atoms with Gasteiger partial charge in [-0.2, -0.15) is 0 Å². The normalized spacial score (nSPS) is 18.0. The van der Waals surface area contributed by atoms with Crippen LogP contribution in [0.1, 0.15) is 34.5 Å². The SMILES string of the molecule is C=CCN1C(=O)NC(c2ccc(OC)cc2)C(C(=O)OCC)=C1CN1CCN(C(=O)c2ccc(C)cc2)CC1. The maximum Gasteiger partial charge on any atom is 0.338 e. The topological polar surface area (TPSA) is 91.4 Å². The summed E-state index contributed by atoms with van der Waals surface area (Å²) in [6, 6.07) is 13.9. The number of amides is 3. The van der Waals surface area contributed by atoms with E-state index in [2.05, 4.69) is 16.8 Å². The third-order valence-electron chi connectivity index (χ3n) is 7.03. The molecular formula is C30H36N4O5. The molecule has 4 rings (SSSR count). The van der Waals surface area contributed by atoms with Crippen molar-refractivity contribution in [1.82, 2.24) is 20.0 Å². The number of carbonyl (C=O) groups is 3. The predicted octanol–water partition coefficient (Wildman–Crippen LogP) is 3.53. The van der Waals surface area contributed by atoms with E-state index in [1.807, 2.05) is 48.2 Å². The van der Waals surface area contributed by atoms with Crippen LogP contribution < -0.4 is 10.1 Å². The minimum absolute atomic E-state index is 0.00553. The minimum atomic E-state index is -0.678. The summed E-state index contributed by atoms with van der Waals surface area (Å²) in [7, 11) is 1.58. The van der Waals surface area contributed by atoms with Crippen LogP contribution in [0, 0.1) is 6.92 Å². The second kappa shape index (κ2) is 12.6. The number of hydrogen-bond acceptors (Lipinski definition) is 6. The van der Waals surface area contributed by atoms with E-state index < -0.39 is 12.0 Å². The van der Waals surface area contributed by atoms with Gasteiger partial charge in [-0.3, -0.25) is 14.6 Å². The Morgan fingerprint density at radius 3 is 2.31 bits per heavy atom. The molecule has 0 bridgehead atoms. The standard InChI is InChI=1S/C30H36N4O5/c1-5-15-34-25(20-32-16-18-33(19-17-32)28(35)23-9-7-21(3)8-10-23)26(29(36)39-6-2)27(31-30(34)37)22-11-13-24(38-4)14-12-22/h5,7-14,27H,1,6,15-20H2,2-4H3,(H,31,37). The number of esters is 1. The van der Waals surface area contributed by atoms with Gasteiger partial charge in [0.05, 0.1) is 25.3 Å². The average molecular weight is 533 g/mol. The first-order chi connectivity index (χ1) is 18.9. The summed E-state index contributed by atoms with van der Waals surface area (Å²) in [5.41, 5.74) is 3.50. The monoisotopic (exact) mass is 532 g/mol. The molecule has 1 N–H and O–H groups in total. The molecule has 9 nitrogen and oxygen atoms in total. The summed E-state index contributed by atoms with van der Waals surface area (Å²) < 4.78 is 10.7. The number of piperazine rings is 1. The van der Waals surface area contributed by atoms with E-state index in [1.165, 1.54) is 0 Å². The maximum absolute atomic E-state index is 13.4. The van der Waals surface area contributed by atoms with Crippen LogP contribution in [0.4, 0.5) is 4.79 Å². The number of methoxy groups -OCH3 is 1. The number of urea groups is 1. The highest BCUT2D eigenvalue weighted by Gasteiger charge is 2.39. The highest BCUT2D eigenvalue weighted by molar-refractivity contribution is 5.95. The van der Waals surface area contributed by atoms with Gasteiger partial charge in [-0.05, 0) is 43.7 Å². The molecule has 0 radical (unpaired) electrons. The van der Waals surface area contributed by atoms with Gasteiger partial charge in [0.2, 0.25) is 0 Å². The molecule has 2 aliphatic heterocycles. The molecule has 1 saturated heterocycles. The molecule has 1 atom stereocenters. The summed E-state index contributed by atoms with van der Waals surface area (Å²) in [6.45, 7) is 10.7. The van der Waals surface area contributed by atoms with Crippen molar-refractivity contribution >= 4 is 17.9 Å². The lowest BCUT2D eigenvalue weighted by Gasteiger charge is -2.40. The molecule has 0 saturated carbocycles. The molecule has 2 aliphatic rings. The number of hydrogen-bond donors (Lipinski definition) is 1. The minimum Gasteiger partial charge on any atom is -0.497 e. The van der Waals surface area contributed by atoms with Crippen molar-refractivity contribution in [3.05, 3.63) is 89.1 Å². The van der Waals surface area contributed by atoms with Gasteiger partial charge in [0.1, 0.15) is 5.75 Å². The summed E-state index contributed by atoms with van der Waals surface area (Å²) >= 11 is 0. The molecule has 1 unspecified atom stereocenters. The van der Waals surface area contributed by atoms with Crippen LogP contribution in [0.15, 0.2) is 72.5 Å². The number of carbonyl (C=O) groups excluding carboxylic acids is 3. The zero-order valence-electron chi connectivity index (χ0n) is 22.8. The predicted molar refractivity (Wildman–Crippen MR) is 148 cm³/mol. The van der Waals surface area contributed by atoms with E-state index >= 15 is 0 Å². The fourth-order valence-electron chi connectivity index (χ4n) is 4.89. The van der Waals surface area contributed by atoms with Crippen molar-refractivity contribution in [2.45, 2.75) is 19.9 Å². The summed E-state index contributed by atoms with van der Waals surface area (Å²) in [5.74, 6) is 0.204. The maximum atomic E-state index is 13.4. The molecule has 206 valence electrons. The van der Waals surface area contributed by atoms with Gasteiger partial charge in [0.25, 0.3) is 5.91 Å². The quantitative estimate of drug-likeness (QED) is 0.393.